The van der Waals surface area contributed by atoms with Gasteiger partial charge in [0.05, 0.1) is 0 Å². The molecule has 0 fully saturated rings. The third-order valence-corrected chi connectivity index (χ3v) is 3.17. The third-order valence-electron chi connectivity index (χ3n) is 3.17. The molecule has 0 amide bonds. The van der Waals surface area contributed by atoms with Gasteiger partial charge in [0.25, 0.3) is 0 Å². The van der Waals surface area contributed by atoms with Gasteiger partial charge in [0.2, 0.25) is 5.95 Å². The van der Waals surface area contributed by atoms with Crippen LogP contribution in [0.4, 0.5) is 5.95 Å². The molecule has 3 heteroatoms. The van der Waals surface area contributed by atoms with Crippen LogP contribution in [0.2, 0.25) is 0 Å². The average molecular weight is 223 g/mol. The van der Waals surface area contributed by atoms with Gasteiger partial charge >= 0.3 is 0 Å². The largest absolute Gasteiger partial charge is 0.356 e. The van der Waals surface area contributed by atoms with Crippen molar-refractivity contribution in [3.05, 3.63) is 12.4 Å². The third kappa shape index (κ3) is 3.26. The molecule has 0 aliphatic carbocycles. The van der Waals surface area contributed by atoms with Crippen LogP contribution in [0.15, 0.2) is 12.4 Å². The summed E-state index contributed by atoms with van der Waals surface area (Å²) in [6, 6.07) is 0. The van der Waals surface area contributed by atoms with E-state index >= 15 is 0 Å². The van der Waals surface area contributed by atoms with Gasteiger partial charge in [0.15, 0.2) is 0 Å². The van der Waals surface area contributed by atoms with Crippen molar-refractivity contribution in [1.82, 2.24) is 9.55 Å². The first kappa shape index (κ1) is 13.1. The number of rotatable bonds is 6. The Hall–Kier alpha value is -0.990. The van der Waals surface area contributed by atoms with Crippen LogP contribution in [0.25, 0.3) is 0 Å². The van der Waals surface area contributed by atoms with Crippen LogP contribution in [0, 0.1) is 17.8 Å². The van der Waals surface area contributed by atoms with Crippen molar-refractivity contribution in [2.75, 3.05) is 11.9 Å². The van der Waals surface area contributed by atoms with E-state index in [9.17, 15) is 0 Å². The Morgan fingerprint density at radius 1 is 1.25 bits per heavy atom. The molecule has 1 aromatic rings. The Balaban J connectivity index is 2.73. The molecule has 0 radical (unpaired) electrons. The second kappa shape index (κ2) is 5.92. The summed E-state index contributed by atoms with van der Waals surface area (Å²) in [5.74, 6) is 3.11. The predicted molar refractivity (Wildman–Crippen MR) is 69.6 cm³/mol. The molecule has 3 nitrogen and oxygen atoms in total. The highest BCUT2D eigenvalue weighted by Crippen LogP contribution is 2.23. The van der Waals surface area contributed by atoms with Crippen LogP contribution in [0.1, 0.15) is 34.6 Å². The molecular weight excluding hydrogens is 198 g/mol. The lowest BCUT2D eigenvalue weighted by Gasteiger charge is -2.26. The molecule has 0 saturated heterocycles. The van der Waals surface area contributed by atoms with Gasteiger partial charge in [0, 0.05) is 25.5 Å². The van der Waals surface area contributed by atoms with Gasteiger partial charge in [-0.15, -0.1) is 0 Å². The fourth-order valence-corrected chi connectivity index (χ4v) is 2.20. The number of hydrogen-bond donors (Lipinski definition) is 1. The molecule has 92 valence electrons. The number of nitrogens with one attached hydrogen (secondary N) is 1. The van der Waals surface area contributed by atoms with Crippen LogP contribution in [-0.4, -0.2) is 16.1 Å². The zero-order valence-electron chi connectivity index (χ0n) is 11.2. The number of hydrogen-bond acceptors (Lipinski definition) is 2. The van der Waals surface area contributed by atoms with Gasteiger partial charge in [-0.3, -0.25) is 0 Å². The maximum absolute atomic E-state index is 4.33. The SMILES string of the molecule is CCNc1nccn1CC(C(C)C)C(C)C. The molecule has 0 aliphatic rings. The predicted octanol–water partition coefficient (Wildman–Crippen LogP) is 3.24. The number of nitrogens with zero attached hydrogens (tertiary/aromatic N) is 2. The molecule has 0 aliphatic heterocycles. The Bertz CT molecular complexity index is 294. The molecule has 1 rings (SSSR count). The summed E-state index contributed by atoms with van der Waals surface area (Å²) >= 11 is 0. The molecule has 0 unspecified atom stereocenters. The maximum atomic E-state index is 4.33. The van der Waals surface area contributed by atoms with Gasteiger partial charge in [0.1, 0.15) is 0 Å². The zero-order chi connectivity index (χ0) is 12.1. The van der Waals surface area contributed by atoms with Crippen LogP contribution in [-0.2, 0) is 6.54 Å². The van der Waals surface area contributed by atoms with Gasteiger partial charge in [-0.1, -0.05) is 27.7 Å². The normalized spacial score (nSPS) is 11.8. The van der Waals surface area contributed by atoms with E-state index in [1.165, 1.54) is 0 Å². The van der Waals surface area contributed by atoms with Crippen molar-refractivity contribution in [2.24, 2.45) is 17.8 Å². The highest BCUT2D eigenvalue weighted by molar-refractivity contribution is 5.25. The minimum atomic E-state index is 0.701. The molecule has 0 bridgehead atoms. The summed E-state index contributed by atoms with van der Waals surface area (Å²) in [7, 11) is 0. The summed E-state index contributed by atoms with van der Waals surface area (Å²) in [6.07, 6.45) is 3.94. The highest BCUT2D eigenvalue weighted by atomic mass is 15.2. The van der Waals surface area contributed by atoms with E-state index in [0.717, 1.165) is 19.0 Å². The van der Waals surface area contributed by atoms with Crippen molar-refractivity contribution in [2.45, 2.75) is 41.2 Å². The van der Waals surface area contributed by atoms with Crippen molar-refractivity contribution in [3.8, 4) is 0 Å². The first-order valence-electron chi connectivity index (χ1n) is 6.31. The van der Waals surface area contributed by atoms with Crippen molar-refractivity contribution < 1.29 is 0 Å². The van der Waals surface area contributed by atoms with E-state index in [4.69, 9.17) is 0 Å². The average Bonchev–Trinajstić information content (AvgIpc) is 2.61. The Labute approximate surface area is 99.3 Å². The molecule has 16 heavy (non-hydrogen) atoms. The molecule has 0 saturated carbocycles. The van der Waals surface area contributed by atoms with Crippen LogP contribution in [0.5, 0.6) is 0 Å². The zero-order valence-corrected chi connectivity index (χ0v) is 11.2. The lowest BCUT2D eigenvalue weighted by atomic mass is 9.85. The van der Waals surface area contributed by atoms with Crippen LogP contribution in [0.3, 0.4) is 0 Å². The smallest absolute Gasteiger partial charge is 0.202 e. The monoisotopic (exact) mass is 223 g/mol. The van der Waals surface area contributed by atoms with Crippen molar-refractivity contribution in [1.29, 1.82) is 0 Å². The molecule has 0 spiro atoms. The second-order valence-corrected chi connectivity index (χ2v) is 5.09. The van der Waals surface area contributed by atoms with Gasteiger partial charge in [-0.25, -0.2) is 4.98 Å². The van der Waals surface area contributed by atoms with E-state index in [1.54, 1.807) is 0 Å². The highest BCUT2D eigenvalue weighted by Gasteiger charge is 2.18. The molecule has 0 atom stereocenters. The van der Waals surface area contributed by atoms with Gasteiger partial charge in [-0.05, 0) is 24.7 Å². The van der Waals surface area contributed by atoms with E-state index in [1.807, 2.05) is 6.20 Å². The van der Waals surface area contributed by atoms with E-state index in [-0.39, 0.29) is 0 Å². The van der Waals surface area contributed by atoms with Crippen LogP contribution < -0.4 is 5.32 Å². The van der Waals surface area contributed by atoms with Gasteiger partial charge in [-0.2, -0.15) is 0 Å². The summed E-state index contributed by atoms with van der Waals surface area (Å²) in [4.78, 5) is 4.33. The summed E-state index contributed by atoms with van der Waals surface area (Å²) in [5, 5.41) is 3.29. The Morgan fingerprint density at radius 3 is 2.38 bits per heavy atom. The van der Waals surface area contributed by atoms with E-state index in [2.05, 4.69) is 55.7 Å². The van der Waals surface area contributed by atoms with Gasteiger partial charge < -0.3 is 9.88 Å². The fraction of sp³-hybridized carbons (Fsp3) is 0.769. The lowest BCUT2D eigenvalue weighted by Crippen LogP contribution is -2.22. The molecule has 1 aromatic heterocycles. The molecule has 1 heterocycles. The minimum Gasteiger partial charge on any atom is -0.356 e. The summed E-state index contributed by atoms with van der Waals surface area (Å²) in [5.41, 5.74) is 0. The van der Waals surface area contributed by atoms with Crippen LogP contribution >= 0.6 is 0 Å². The maximum Gasteiger partial charge on any atom is 0.202 e. The van der Waals surface area contributed by atoms with E-state index in [0.29, 0.717) is 17.8 Å². The summed E-state index contributed by atoms with van der Waals surface area (Å²) < 4.78 is 2.23. The number of imidazole rings is 1. The Kier molecular flexibility index (Phi) is 4.84. The standard InChI is InChI=1S/C13H25N3/c1-6-14-13-15-7-8-16(13)9-12(10(2)3)11(4)5/h7-8,10-12H,6,9H2,1-5H3,(H,14,15). The molecule has 1 N–H and O–H groups in total. The lowest BCUT2D eigenvalue weighted by molar-refractivity contribution is 0.253. The van der Waals surface area contributed by atoms with Crippen molar-refractivity contribution >= 4 is 5.95 Å². The number of aromatic nitrogens is 2. The second-order valence-electron chi connectivity index (χ2n) is 5.09. The fourth-order valence-electron chi connectivity index (χ4n) is 2.20. The van der Waals surface area contributed by atoms with E-state index < -0.39 is 0 Å². The molecule has 0 aromatic carbocycles. The topological polar surface area (TPSA) is 29.9 Å². The quantitative estimate of drug-likeness (QED) is 0.802. The molecular formula is C13H25N3. The summed E-state index contributed by atoms with van der Waals surface area (Å²) in [6.45, 7) is 13.3. The number of anilines is 1. The first-order valence-corrected chi connectivity index (χ1v) is 6.31. The van der Waals surface area contributed by atoms with Crippen molar-refractivity contribution in [3.63, 3.8) is 0 Å². The minimum absolute atomic E-state index is 0.701. The first-order chi connectivity index (χ1) is 7.56. The Morgan fingerprint density at radius 2 is 1.88 bits per heavy atom.